The summed E-state index contributed by atoms with van der Waals surface area (Å²) in [5, 5.41) is 3.87. The molecule has 7 nitrogen and oxygen atoms in total. The molecular formula is C19H21BrFN4O3S+. The van der Waals surface area contributed by atoms with E-state index in [1.807, 2.05) is 0 Å². The zero-order valence-corrected chi connectivity index (χ0v) is 17.9. The van der Waals surface area contributed by atoms with Gasteiger partial charge in [-0.3, -0.25) is 4.79 Å². The molecule has 1 saturated heterocycles. The Morgan fingerprint density at radius 3 is 2.38 bits per heavy atom. The molecule has 0 bridgehead atoms. The molecule has 1 aliphatic heterocycles. The zero-order chi connectivity index (χ0) is 20.9. The molecule has 29 heavy (non-hydrogen) atoms. The van der Waals surface area contributed by atoms with Gasteiger partial charge in [0.2, 0.25) is 10.0 Å². The number of sulfonamides is 1. The van der Waals surface area contributed by atoms with E-state index in [0.717, 1.165) is 9.37 Å². The molecule has 3 rings (SSSR count). The third kappa shape index (κ3) is 5.92. The SMILES string of the molecule is O=C(C[NH+]1CCN(S(=O)(=O)c2ccc(Br)cc2)CC1)N/N=C\c1ccc(F)cc1. The van der Waals surface area contributed by atoms with Crippen LogP contribution in [0.1, 0.15) is 5.56 Å². The lowest BCUT2D eigenvalue weighted by Gasteiger charge is -2.31. The maximum Gasteiger partial charge on any atom is 0.295 e. The third-order valence-corrected chi connectivity index (χ3v) is 7.01. The predicted octanol–water partition coefficient (Wildman–Crippen LogP) is 0.628. The summed E-state index contributed by atoms with van der Waals surface area (Å²) in [6, 6.07) is 12.3. The van der Waals surface area contributed by atoms with E-state index in [2.05, 4.69) is 26.5 Å². The number of nitrogens with zero attached hydrogens (tertiary/aromatic N) is 2. The lowest BCUT2D eigenvalue weighted by atomic mass is 10.2. The van der Waals surface area contributed by atoms with Gasteiger partial charge in [0.25, 0.3) is 5.91 Å². The van der Waals surface area contributed by atoms with Gasteiger partial charge in [-0.25, -0.2) is 18.2 Å². The Labute approximate surface area is 177 Å². The van der Waals surface area contributed by atoms with Gasteiger partial charge < -0.3 is 4.90 Å². The van der Waals surface area contributed by atoms with Crippen LogP contribution >= 0.6 is 15.9 Å². The van der Waals surface area contributed by atoms with Gasteiger partial charge in [0, 0.05) is 4.47 Å². The highest BCUT2D eigenvalue weighted by molar-refractivity contribution is 9.10. The van der Waals surface area contributed by atoms with E-state index >= 15 is 0 Å². The molecule has 0 radical (unpaired) electrons. The summed E-state index contributed by atoms with van der Waals surface area (Å²) < 4.78 is 40.5. The summed E-state index contributed by atoms with van der Waals surface area (Å²) in [4.78, 5) is 13.3. The van der Waals surface area contributed by atoms with Crippen molar-refractivity contribution in [1.29, 1.82) is 0 Å². The maximum absolute atomic E-state index is 12.9. The fourth-order valence-electron chi connectivity index (χ4n) is 2.97. The van der Waals surface area contributed by atoms with E-state index in [1.54, 1.807) is 36.4 Å². The Morgan fingerprint density at radius 1 is 1.14 bits per heavy atom. The fourth-order valence-corrected chi connectivity index (χ4v) is 4.68. The summed E-state index contributed by atoms with van der Waals surface area (Å²) >= 11 is 3.30. The first-order valence-electron chi connectivity index (χ1n) is 9.01. The number of hydrogen-bond donors (Lipinski definition) is 2. The Morgan fingerprint density at radius 2 is 1.76 bits per heavy atom. The van der Waals surface area contributed by atoms with Crippen molar-refractivity contribution < 1.29 is 22.5 Å². The van der Waals surface area contributed by atoms with Crippen molar-refractivity contribution in [2.45, 2.75) is 4.90 Å². The summed E-state index contributed by atoms with van der Waals surface area (Å²) in [5.41, 5.74) is 3.12. The Bertz CT molecular complexity index is 974. The quantitative estimate of drug-likeness (QED) is 0.466. The van der Waals surface area contributed by atoms with Crippen molar-refractivity contribution in [2.24, 2.45) is 5.10 Å². The number of halogens is 2. The Balaban J connectivity index is 1.47. The van der Waals surface area contributed by atoms with E-state index in [9.17, 15) is 17.6 Å². The Hall–Kier alpha value is -2.14. The number of benzene rings is 2. The highest BCUT2D eigenvalue weighted by atomic mass is 79.9. The molecule has 1 fully saturated rings. The van der Waals surface area contributed by atoms with Crippen LogP contribution in [0.15, 0.2) is 63.0 Å². The molecule has 1 heterocycles. The van der Waals surface area contributed by atoms with Crippen LogP contribution in [0.4, 0.5) is 4.39 Å². The molecule has 2 aromatic rings. The summed E-state index contributed by atoms with van der Waals surface area (Å²) in [7, 11) is -3.53. The molecule has 0 atom stereocenters. The van der Waals surface area contributed by atoms with Crippen LogP contribution in [-0.4, -0.2) is 57.6 Å². The number of rotatable bonds is 6. The van der Waals surface area contributed by atoms with E-state index in [-0.39, 0.29) is 23.2 Å². The molecule has 0 aromatic heterocycles. The summed E-state index contributed by atoms with van der Waals surface area (Å²) in [5.74, 6) is -0.598. The Kier molecular flexibility index (Phi) is 7.12. The minimum Gasteiger partial charge on any atom is -0.325 e. The van der Waals surface area contributed by atoms with Crippen LogP contribution in [0, 0.1) is 5.82 Å². The van der Waals surface area contributed by atoms with Crippen LogP contribution in [0.2, 0.25) is 0 Å². The van der Waals surface area contributed by atoms with Crippen molar-refractivity contribution >= 4 is 38.1 Å². The second kappa shape index (κ2) is 9.57. The van der Waals surface area contributed by atoms with Crippen LogP contribution in [0.25, 0.3) is 0 Å². The molecular weight excluding hydrogens is 463 g/mol. The van der Waals surface area contributed by atoms with Gasteiger partial charge in [-0.15, -0.1) is 0 Å². The van der Waals surface area contributed by atoms with E-state index in [1.165, 1.54) is 22.7 Å². The largest absolute Gasteiger partial charge is 0.325 e. The molecule has 0 unspecified atom stereocenters. The number of carbonyl (C=O) groups excluding carboxylic acids is 1. The molecule has 1 aliphatic rings. The first-order chi connectivity index (χ1) is 13.8. The number of amides is 1. The second-order valence-electron chi connectivity index (χ2n) is 6.63. The maximum atomic E-state index is 12.9. The van der Waals surface area contributed by atoms with E-state index in [4.69, 9.17) is 0 Å². The van der Waals surface area contributed by atoms with Gasteiger partial charge in [-0.1, -0.05) is 28.1 Å². The summed E-state index contributed by atoms with van der Waals surface area (Å²) in [6.07, 6.45) is 1.44. The van der Waals surface area contributed by atoms with Gasteiger partial charge in [0.05, 0.1) is 37.3 Å². The number of hydrogen-bond acceptors (Lipinski definition) is 4. The van der Waals surface area contributed by atoms with Crippen molar-refractivity contribution in [1.82, 2.24) is 9.73 Å². The van der Waals surface area contributed by atoms with Crippen molar-refractivity contribution in [2.75, 3.05) is 32.7 Å². The lowest BCUT2D eigenvalue weighted by Crippen LogP contribution is -3.15. The number of nitrogens with one attached hydrogen (secondary N) is 2. The van der Waals surface area contributed by atoms with Crippen molar-refractivity contribution in [3.8, 4) is 0 Å². The molecule has 1 amide bonds. The smallest absolute Gasteiger partial charge is 0.295 e. The topological polar surface area (TPSA) is 83.3 Å². The number of hydrazone groups is 1. The number of piperazine rings is 1. The predicted molar refractivity (Wildman–Crippen MR) is 111 cm³/mol. The standard InChI is InChI=1S/C19H20BrFN4O3S/c20-16-3-7-18(8-4-16)29(27,28)25-11-9-24(10-12-25)14-19(26)23-22-13-15-1-5-17(21)6-2-15/h1-8,13H,9-12,14H2,(H,23,26)/p+1/b22-13-. The van der Waals surface area contributed by atoms with Gasteiger partial charge in [-0.05, 0) is 42.0 Å². The average Bonchev–Trinajstić information content (AvgIpc) is 2.70. The van der Waals surface area contributed by atoms with Crippen LogP contribution in [0.5, 0.6) is 0 Å². The van der Waals surface area contributed by atoms with Crippen molar-refractivity contribution in [3.05, 3.63) is 64.4 Å². The van der Waals surface area contributed by atoms with Crippen LogP contribution < -0.4 is 10.3 Å². The minimum atomic E-state index is -3.53. The summed E-state index contributed by atoms with van der Waals surface area (Å²) in [6.45, 7) is 1.96. The minimum absolute atomic E-state index is 0.201. The second-order valence-corrected chi connectivity index (χ2v) is 9.48. The molecule has 2 N–H and O–H groups in total. The highest BCUT2D eigenvalue weighted by Crippen LogP contribution is 2.18. The average molecular weight is 484 g/mol. The van der Waals surface area contributed by atoms with Gasteiger partial charge >= 0.3 is 0 Å². The van der Waals surface area contributed by atoms with Gasteiger partial charge in [0.15, 0.2) is 6.54 Å². The zero-order valence-electron chi connectivity index (χ0n) is 15.5. The number of quaternary nitrogens is 1. The van der Waals surface area contributed by atoms with Gasteiger partial charge in [0.1, 0.15) is 5.82 Å². The fraction of sp³-hybridized carbons (Fsp3) is 0.263. The van der Waals surface area contributed by atoms with Gasteiger partial charge in [-0.2, -0.15) is 9.41 Å². The monoisotopic (exact) mass is 483 g/mol. The molecule has 10 heteroatoms. The highest BCUT2D eigenvalue weighted by Gasteiger charge is 2.31. The molecule has 0 saturated carbocycles. The number of carbonyl (C=O) groups is 1. The molecule has 154 valence electrons. The molecule has 2 aromatic carbocycles. The first-order valence-corrected chi connectivity index (χ1v) is 11.2. The van der Waals surface area contributed by atoms with E-state index in [0.29, 0.717) is 31.7 Å². The van der Waals surface area contributed by atoms with Crippen LogP contribution in [0.3, 0.4) is 0 Å². The van der Waals surface area contributed by atoms with E-state index < -0.39 is 10.0 Å². The van der Waals surface area contributed by atoms with Crippen LogP contribution in [-0.2, 0) is 14.8 Å². The first kappa shape index (κ1) is 21.6. The molecule has 0 spiro atoms. The normalized spacial score (nSPS) is 16.2. The molecule has 0 aliphatic carbocycles. The lowest BCUT2D eigenvalue weighted by molar-refractivity contribution is -0.895. The van der Waals surface area contributed by atoms with Crippen molar-refractivity contribution in [3.63, 3.8) is 0 Å². The third-order valence-electron chi connectivity index (χ3n) is 4.56.